The van der Waals surface area contributed by atoms with Gasteiger partial charge in [0.15, 0.2) is 0 Å². The molecular weight excluding hydrogens is 292 g/mol. The normalized spacial score (nSPS) is 17.1. The van der Waals surface area contributed by atoms with Gasteiger partial charge < -0.3 is 20.1 Å². The maximum atomic E-state index is 12.4. The zero-order valence-electron chi connectivity index (χ0n) is 13.0. The average Bonchev–Trinajstić information content (AvgIpc) is 3.27. The second-order valence-electron chi connectivity index (χ2n) is 5.39. The number of carboxylic acid groups (broad SMARTS) is 1. The highest BCUT2D eigenvalue weighted by Gasteiger charge is 2.35. The molecule has 0 aromatic carbocycles. The highest BCUT2D eigenvalue weighted by atomic mass is 32.2. The summed E-state index contributed by atoms with van der Waals surface area (Å²) in [4.78, 5) is 25.3. The van der Waals surface area contributed by atoms with E-state index in [9.17, 15) is 14.7 Å². The molecule has 0 spiro atoms. The van der Waals surface area contributed by atoms with E-state index in [1.54, 1.807) is 23.8 Å². The zero-order chi connectivity index (χ0) is 15.8. The Kier molecular flexibility index (Phi) is 7.88. The first kappa shape index (κ1) is 18.1. The predicted octanol–water partition coefficient (Wildman–Crippen LogP) is 1.65. The molecule has 0 aromatic heterocycles. The topological polar surface area (TPSA) is 78.9 Å². The van der Waals surface area contributed by atoms with Crippen molar-refractivity contribution >= 4 is 23.8 Å². The molecule has 21 heavy (non-hydrogen) atoms. The SMILES string of the molecule is COCCN(C(=O)N[C@@H](CCSC)C(=O)O)C(C)C1CC1. The monoisotopic (exact) mass is 318 g/mol. The number of rotatable bonds is 10. The van der Waals surface area contributed by atoms with Crippen LogP contribution in [0.2, 0.25) is 0 Å². The first-order valence-corrected chi connectivity index (χ1v) is 8.68. The number of ether oxygens (including phenoxy) is 1. The molecule has 0 radical (unpaired) electrons. The van der Waals surface area contributed by atoms with Crippen LogP contribution in [-0.2, 0) is 9.53 Å². The first-order chi connectivity index (χ1) is 10.0. The number of nitrogens with zero attached hydrogens (tertiary/aromatic N) is 1. The molecule has 0 aromatic rings. The number of hydrogen-bond donors (Lipinski definition) is 2. The van der Waals surface area contributed by atoms with E-state index in [1.165, 1.54) is 0 Å². The Balaban J connectivity index is 2.61. The van der Waals surface area contributed by atoms with Crippen molar-refractivity contribution in [1.29, 1.82) is 0 Å². The molecule has 0 saturated heterocycles. The number of aliphatic carboxylic acids is 1. The van der Waals surface area contributed by atoms with Gasteiger partial charge in [-0.05, 0) is 44.1 Å². The van der Waals surface area contributed by atoms with Gasteiger partial charge in [0, 0.05) is 19.7 Å². The number of carbonyl (C=O) groups excluding carboxylic acids is 1. The van der Waals surface area contributed by atoms with Crippen LogP contribution in [0.3, 0.4) is 0 Å². The van der Waals surface area contributed by atoms with Gasteiger partial charge in [-0.15, -0.1) is 0 Å². The molecular formula is C14H26N2O4S. The molecule has 122 valence electrons. The van der Waals surface area contributed by atoms with Gasteiger partial charge in [0.25, 0.3) is 0 Å². The number of nitrogens with one attached hydrogen (secondary N) is 1. The predicted molar refractivity (Wildman–Crippen MR) is 83.7 cm³/mol. The summed E-state index contributed by atoms with van der Waals surface area (Å²) < 4.78 is 5.05. The smallest absolute Gasteiger partial charge is 0.326 e. The molecule has 2 N–H and O–H groups in total. The number of methoxy groups -OCH3 is 1. The lowest BCUT2D eigenvalue weighted by atomic mass is 10.2. The Bertz CT molecular complexity index is 350. The fourth-order valence-corrected chi connectivity index (χ4v) is 2.71. The lowest BCUT2D eigenvalue weighted by Crippen LogP contribution is -2.52. The van der Waals surface area contributed by atoms with E-state index in [-0.39, 0.29) is 12.1 Å². The maximum absolute atomic E-state index is 12.4. The summed E-state index contributed by atoms with van der Waals surface area (Å²) in [5.74, 6) is 0.248. The van der Waals surface area contributed by atoms with Crippen molar-refractivity contribution in [3.05, 3.63) is 0 Å². The number of thioether (sulfide) groups is 1. The maximum Gasteiger partial charge on any atom is 0.326 e. The quantitative estimate of drug-likeness (QED) is 0.640. The molecule has 2 amide bonds. The van der Waals surface area contributed by atoms with Gasteiger partial charge in [0.2, 0.25) is 0 Å². The van der Waals surface area contributed by atoms with E-state index in [0.717, 1.165) is 12.8 Å². The average molecular weight is 318 g/mol. The largest absolute Gasteiger partial charge is 0.480 e. The molecule has 0 heterocycles. The van der Waals surface area contributed by atoms with Gasteiger partial charge in [0.1, 0.15) is 6.04 Å². The summed E-state index contributed by atoms with van der Waals surface area (Å²) in [7, 11) is 1.59. The summed E-state index contributed by atoms with van der Waals surface area (Å²) in [6.45, 7) is 2.95. The molecule has 2 atom stereocenters. The van der Waals surface area contributed by atoms with Crippen LogP contribution >= 0.6 is 11.8 Å². The van der Waals surface area contributed by atoms with Crippen molar-refractivity contribution in [1.82, 2.24) is 10.2 Å². The fourth-order valence-electron chi connectivity index (χ4n) is 2.24. The van der Waals surface area contributed by atoms with E-state index < -0.39 is 12.0 Å². The standard InChI is InChI=1S/C14H26N2O4S/c1-10(11-4-5-11)16(7-8-20-2)14(19)15-12(13(17)18)6-9-21-3/h10-12H,4-9H2,1-3H3,(H,15,19)(H,17,18)/t10?,12-/m0/s1. The molecule has 1 rings (SSSR count). The van der Waals surface area contributed by atoms with Crippen molar-refractivity contribution < 1.29 is 19.4 Å². The Morgan fingerprint density at radius 3 is 2.62 bits per heavy atom. The van der Waals surface area contributed by atoms with Crippen molar-refractivity contribution in [2.45, 2.75) is 38.3 Å². The van der Waals surface area contributed by atoms with Crippen LogP contribution in [0.5, 0.6) is 0 Å². The molecule has 1 unspecified atom stereocenters. The summed E-state index contributed by atoms with van der Waals surface area (Å²) in [5, 5.41) is 11.8. The minimum Gasteiger partial charge on any atom is -0.480 e. The van der Waals surface area contributed by atoms with Crippen molar-refractivity contribution in [3.8, 4) is 0 Å². The summed E-state index contributed by atoms with van der Waals surface area (Å²) in [6.07, 6.45) is 4.61. The Morgan fingerprint density at radius 1 is 1.48 bits per heavy atom. The minimum atomic E-state index is -0.983. The second-order valence-corrected chi connectivity index (χ2v) is 6.37. The number of carboxylic acids is 1. The van der Waals surface area contributed by atoms with Crippen LogP contribution < -0.4 is 5.32 Å². The van der Waals surface area contributed by atoms with Crippen LogP contribution in [0.25, 0.3) is 0 Å². The minimum absolute atomic E-state index is 0.121. The van der Waals surface area contributed by atoms with Crippen LogP contribution in [0.4, 0.5) is 4.79 Å². The molecule has 1 fully saturated rings. The lowest BCUT2D eigenvalue weighted by Gasteiger charge is -2.30. The van der Waals surface area contributed by atoms with Gasteiger partial charge in [0.05, 0.1) is 6.61 Å². The molecule has 1 saturated carbocycles. The number of hydrogen-bond acceptors (Lipinski definition) is 4. The van der Waals surface area contributed by atoms with E-state index in [0.29, 0.717) is 31.2 Å². The van der Waals surface area contributed by atoms with E-state index in [4.69, 9.17) is 4.74 Å². The van der Waals surface area contributed by atoms with Crippen molar-refractivity contribution in [2.75, 3.05) is 32.3 Å². The van der Waals surface area contributed by atoms with E-state index in [1.807, 2.05) is 13.2 Å². The Labute approximate surface area is 130 Å². The summed E-state index contributed by atoms with van der Waals surface area (Å²) in [6, 6.07) is -1.02. The zero-order valence-corrected chi connectivity index (χ0v) is 13.8. The third kappa shape index (κ3) is 6.13. The third-order valence-electron chi connectivity index (χ3n) is 3.80. The Morgan fingerprint density at radius 2 is 2.14 bits per heavy atom. The van der Waals surface area contributed by atoms with E-state index in [2.05, 4.69) is 5.32 Å². The van der Waals surface area contributed by atoms with E-state index >= 15 is 0 Å². The van der Waals surface area contributed by atoms with Crippen LogP contribution in [0.15, 0.2) is 0 Å². The van der Waals surface area contributed by atoms with Crippen LogP contribution in [0.1, 0.15) is 26.2 Å². The van der Waals surface area contributed by atoms with Crippen molar-refractivity contribution in [2.24, 2.45) is 5.92 Å². The molecule has 7 heteroatoms. The summed E-state index contributed by atoms with van der Waals surface area (Å²) >= 11 is 1.57. The van der Waals surface area contributed by atoms with Gasteiger partial charge >= 0.3 is 12.0 Å². The number of amides is 2. The number of urea groups is 1. The molecule has 1 aliphatic rings. The second kappa shape index (κ2) is 9.15. The fraction of sp³-hybridized carbons (Fsp3) is 0.857. The van der Waals surface area contributed by atoms with Gasteiger partial charge in [-0.25, -0.2) is 9.59 Å². The molecule has 0 bridgehead atoms. The van der Waals surface area contributed by atoms with Gasteiger partial charge in [-0.1, -0.05) is 0 Å². The molecule has 6 nitrogen and oxygen atoms in total. The summed E-state index contributed by atoms with van der Waals surface area (Å²) in [5.41, 5.74) is 0. The highest BCUT2D eigenvalue weighted by molar-refractivity contribution is 7.98. The lowest BCUT2D eigenvalue weighted by molar-refractivity contribution is -0.139. The van der Waals surface area contributed by atoms with Gasteiger partial charge in [-0.2, -0.15) is 11.8 Å². The molecule has 0 aliphatic heterocycles. The van der Waals surface area contributed by atoms with Crippen LogP contribution in [-0.4, -0.2) is 66.4 Å². The van der Waals surface area contributed by atoms with Crippen molar-refractivity contribution in [3.63, 3.8) is 0 Å². The number of carbonyl (C=O) groups is 2. The van der Waals surface area contributed by atoms with Gasteiger partial charge in [-0.3, -0.25) is 0 Å². The highest BCUT2D eigenvalue weighted by Crippen LogP contribution is 2.35. The molecule has 1 aliphatic carbocycles. The Hall–Kier alpha value is -0.950. The third-order valence-corrected chi connectivity index (χ3v) is 4.44. The first-order valence-electron chi connectivity index (χ1n) is 7.29. The van der Waals surface area contributed by atoms with Crippen LogP contribution in [0, 0.1) is 5.92 Å².